The van der Waals surface area contributed by atoms with E-state index in [0.717, 1.165) is 5.41 Å². The van der Waals surface area contributed by atoms with Crippen LogP contribution in [0.25, 0.3) is 0 Å². The molecule has 0 spiro atoms. The van der Waals surface area contributed by atoms with Gasteiger partial charge in [-0.2, -0.15) is 0 Å². The predicted octanol–water partition coefficient (Wildman–Crippen LogP) is 2.56. The molecule has 8 heteroatoms. The average Bonchev–Trinajstić information content (AvgIpc) is 2.31. The number of nitrogens with one attached hydrogen (secondary N) is 1. The van der Waals surface area contributed by atoms with Crippen molar-refractivity contribution in [3.63, 3.8) is 0 Å². The normalized spacial score (nSPS) is 14.3. The maximum Gasteiger partial charge on any atom is 0.408 e. The van der Waals surface area contributed by atoms with Crippen molar-refractivity contribution >= 4 is 21.9 Å². The molecular formula is C16H29NO6S. The lowest BCUT2D eigenvalue weighted by molar-refractivity contribution is -0.155. The summed E-state index contributed by atoms with van der Waals surface area (Å²) < 4.78 is 33.5. The topological polar surface area (TPSA) is 98.8 Å². The Morgan fingerprint density at radius 3 is 1.96 bits per heavy atom. The number of hydrogen-bond donors (Lipinski definition) is 1. The molecule has 7 nitrogen and oxygen atoms in total. The van der Waals surface area contributed by atoms with Gasteiger partial charge in [-0.3, -0.25) is 4.79 Å². The van der Waals surface area contributed by atoms with E-state index in [1.807, 2.05) is 0 Å². The van der Waals surface area contributed by atoms with Crippen molar-refractivity contribution in [3.8, 4) is 0 Å². The van der Waals surface area contributed by atoms with E-state index >= 15 is 0 Å². The van der Waals surface area contributed by atoms with Crippen LogP contribution in [-0.4, -0.2) is 43.5 Å². The zero-order chi connectivity index (χ0) is 19.2. The van der Waals surface area contributed by atoms with E-state index in [1.165, 1.54) is 13.0 Å². The second-order valence-corrected chi connectivity index (χ2v) is 9.50. The first-order valence-electron chi connectivity index (χ1n) is 7.76. The van der Waals surface area contributed by atoms with E-state index in [1.54, 1.807) is 41.5 Å². The summed E-state index contributed by atoms with van der Waals surface area (Å²) in [5.74, 6) is -0.628. The summed E-state index contributed by atoms with van der Waals surface area (Å²) in [6, 6.07) is -0.851. The largest absolute Gasteiger partial charge is 0.460 e. The van der Waals surface area contributed by atoms with Crippen LogP contribution in [0.3, 0.4) is 0 Å². The molecule has 0 saturated heterocycles. The van der Waals surface area contributed by atoms with E-state index < -0.39 is 39.1 Å². The van der Waals surface area contributed by atoms with Crippen molar-refractivity contribution in [3.05, 3.63) is 11.5 Å². The fraction of sp³-hybridized carbons (Fsp3) is 0.750. The van der Waals surface area contributed by atoms with Gasteiger partial charge in [0.25, 0.3) is 0 Å². The van der Waals surface area contributed by atoms with Gasteiger partial charge in [0.2, 0.25) is 0 Å². The quantitative estimate of drug-likeness (QED) is 0.728. The SMILES string of the molecule is CCS(=O)(=O)C=C[C@H](CC(=O)OC(C)(C)C)NC(=O)OC(C)(C)C. The van der Waals surface area contributed by atoms with Crippen LogP contribution in [0, 0.1) is 0 Å². The number of carbonyl (C=O) groups is 2. The van der Waals surface area contributed by atoms with Crippen molar-refractivity contribution in [2.75, 3.05) is 5.75 Å². The van der Waals surface area contributed by atoms with Gasteiger partial charge in [-0.05, 0) is 41.5 Å². The fourth-order valence-electron chi connectivity index (χ4n) is 1.50. The van der Waals surface area contributed by atoms with Crippen LogP contribution < -0.4 is 5.32 Å². The van der Waals surface area contributed by atoms with Gasteiger partial charge in [0, 0.05) is 5.41 Å². The maximum atomic E-state index is 11.9. The highest BCUT2D eigenvalue weighted by molar-refractivity contribution is 7.94. The molecular weight excluding hydrogens is 334 g/mol. The number of carbonyl (C=O) groups excluding carboxylic acids is 2. The summed E-state index contributed by atoms with van der Waals surface area (Å²) in [6.07, 6.45) is 0.313. The van der Waals surface area contributed by atoms with Crippen molar-refractivity contribution < 1.29 is 27.5 Å². The number of amides is 1. The van der Waals surface area contributed by atoms with Crippen LogP contribution in [-0.2, 0) is 24.1 Å². The van der Waals surface area contributed by atoms with Crippen molar-refractivity contribution in [2.24, 2.45) is 0 Å². The third-order valence-electron chi connectivity index (χ3n) is 2.43. The average molecular weight is 363 g/mol. The lowest BCUT2D eigenvalue weighted by atomic mass is 10.1. The van der Waals surface area contributed by atoms with Gasteiger partial charge >= 0.3 is 12.1 Å². The molecule has 0 unspecified atom stereocenters. The van der Waals surface area contributed by atoms with Gasteiger partial charge in [-0.1, -0.05) is 13.0 Å². The van der Waals surface area contributed by atoms with Crippen molar-refractivity contribution in [2.45, 2.75) is 72.1 Å². The van der Waals surface area contributed by atoms with Crippen LogP contribution in [0.5, 0.6) is 0 Å². The minimum atomic E-state index is -3.38. The molecule has 0 aromatic heterocycles. The van der Waals surface area contributed by atoms with E-state index in [4.69, 9.17) is 9.47 Å². The third kappa shape index (κ3) is 11.9. The number of alkyl carbamates (subject to hydrolysis) is 1. The number of esters is 1. The Bertz CT molecular complexity index is 536. The Hall–Kier alpha value is -1.57. The summed E-state index contributed by atoms with van der Waals surface area (Å²) in [5, 5.41) is 3.46. The standard InChI is InChI=1S/C16H29NO6S/c1-8-24(20,21)10-9-12(11-13(18)22-15(2,3)4)17-14(19)23-16(5,6)7/h9-10,12H,8,11H2,1-7H3,(H,17,19)/t12-/m1/s1. The first-order chi connectivity index (χ1) is 10.6. The molecule has 0 saturated carbocycles. The highest BCUT2D eigenvalue weighted by atomic mass is 32.2. The molecule has 0 rings (SSSR count). The third-order valence-corrected chi connectivity index (χ3v) is 3.81. The van der Waals surface area contributed by atoms with Crippen LogP contribution >= 0.6 is 0 Å². The molecule has 1 amide bonds. The van der Waals surface area contributed by atoms with Gasteiger partial charge in [-0.25, -0.2) is 13.2 Å². The summed E-state index contributed by atoms with van der Waals surface area (Å²) in [7, 11) is -3.38. The number of sulfone groups is 1. The first-order valence-corrected chi connectivity index (χ1v) is 9.47. The smallest absolute Gasteiger partial charge is 0.408 e. The summed E-state index contributed by atoms with van der Waals surface area (Å²) in [5.41, 5.74) is -1.38. The Kier molecular flexibility index (Phi) is 7.95. The molecule has 0 radical (unpaired) electrons. The Morgan fingerprint density at radius 2 is 1.54 bits per heavy atom. The number of ether oxygens (including phenoxy) is 2. The predicted molar refractivity (Wildman–Crippen MR) is 92.2 cm³/mol. The zero-order valence-electron chi connectivity index (χ0n) is 15.5. The maximum absolute atomic E-state index is 11.9. The summed E-state index contributed by atoms with van der Waals surface area (Å²) in [4.78, 5) is 23.8. The molecule has 24 heavy (non-hydrogen) atoms. The molecule has 1 atom stereocenters. The molecule has 1 N–H and O–H groups in total. The number of hydrogen-bond acceptors (Lipinski definition) is 6. The minimum absolute atomic E-state index is 0.0743. The molecule has 0 fully saturated rings. The van der Waals surface area contributed by atoms with Crippen molar-refractivity contribution in [1.29, 1.82) is 0 Å². The lowest BCUT2D eigenvalue weighted by Crippen LogP contribution is -2.40. The first kappa shape index (κ1) is 22.4. The molecule has 0 heterocycles. The second kappa shape index (κ2) is 8.50. The van der Waals surface area contributed by atoms with Gasteiger partial charge in [0.1, 0.15) is 11.2 Å². The Labute approximate surface area is 144 Å². The molecule has 0 aromatic rings. The highest BCUT2D eigenvalue weighted by Crippen LogP contribution is 2.11. The number of rotatable bonds is 6. The summed E-state index contributed by atoms with van der Waals surface area (Å²) in [6.45, 7) is 11.8. The second-order valence-electron chi connectivity index (χ2n) is 7.32. The van der Waals surface area contributed by atoms with Gasteiger partial charge in [0.15, 0.2) is 9.84 Å². The monoisotopic (exact) mass is 363 g/mol. The molecule has 140 valence electrons. The zero-order valence-corrected chi connectivity index (χ0v) is 16.3. The molecule has 0 bridgehead atoms. The van der Waals surface area contributed by atoms with E-state index in [-0.39, 0.29) is 12.2 Å². The fourth-order valence-corrected chi connectivity index (χ4v) is 2.12. The Balaban J connectivity index is 5.09. The lowest BCUT2D eigenvalue weighted by Gasteiger charge is -2.23. The van der Waals surface area contributed by atoms with E-state index in [2.05, 4.69) is 5.32 Å². The molecule has 0 aliphatic rings. The van der Waals surface area contributed by atoms with E-state index in [9.17, 15) is 18.0 Å². The van der Waals surface area contributed by atoms with Crippen LogP contribution in [0.15, 0.2) is 11.5 Å². The van der Waals surface area contributed by atoms with Gasteiger partial charge in [-0.15, -0.1) is 0 Å². The van der Waals surface area contributed by atoms with Gasteiger partial charge in [0.05, 0.1) is 18.2 Å². The molecule has 0 aromatic carbocycles. The van der Waals surface area contributed by atoms with Crippen LogP contribution in [0.4, 0.5) is 4.79 Å². The van der Waals surface area contributed by atoms with Gasteiger partial charge < -0.3 is 14.8 Å². The van der Waals surface area contributed by atoms with E-state index in [0.29, 0.717) is 0 Å². The van der Waals surface area contributed by atoms with Crippen LogP contribution in [0.2, 0.25) is 0 Å². The minimum Gasteiger partial charge on any atom is -0.460 e. The summed E-state index contributed by atoms with van der Waals surface area (Å²) >= 11 is 0. The highest BCUT2D eigenvalue weighted by Gasteiger charge is 2.23. The van der Waals surface area contributed by atoms with Crippen LogP contribution in [0.1, 0.15) is 54.9 Å². The molecule has 0 aliphatic heterocycles. The molecule has 0 aliphatic carbocycles. The van der Waals surface area contributed by atoms with Crippen molar-refractivity contribution in [1.82, 2.24) is 5.32 Å². The Morgan fingerprint density at radius 1 is 1.04 bits per heavy atom.